The summed E-state index contributed by atoms with van der Waals surface area (Å²) < 4.78 is 0. The number of hydrogen-bond acceptors (Lipinski definition) is 3. The number of H-pyrrole nitrogens is 1. The van der Waals surface area contributed by atoms with E-state index in [1.807, 2.05) is 60.9 Å². The van der Waals surface area contributed by atoms with Crippen LogP contribution < -0.4 is 0 Å². The van der Waals surface area contributed by atoms with Crippen molar-refractivity contribution in [2.45, 2.75) is 6.92 Å². The van der Waals surface area contributed by atoms with Crippen LogP contribution in [-0.4, -0.2) is 20.2 Å². The molecule has 2 aromatic carbocycles. The Hall–Kier alpha value is -3.27. The number of aromatic nitrogens is 4. The van der Waals surface area contributed by atoms with Crippen LogP contribution >= 0.6 is 0 Å². The van der Waals surface area contributed by atoms with Gasteiger partial charge in [0.1, 0.15) is 0 Å². The molecule has 0 aliphatic heterocycles. The molecule has 1 N–H and O–H groups in total. The Morgan fingerprint density at radius 1 is 0.708 bits per heavy atom. The van der Waals surface area contributed by atoms with Crippen molar-refractivity contribution < 1.29 is 0 Å². The maximum absolute atomic E-state index is 4.48. The molecule has 0 bridgehead atoms. The van der Waals surface area contributed by atoms with Gasteiger partial charge in [-0.2, -0.15) is 5.10 Å². The molecule has 4 aromatic rings. The molecule has 0 aliphatic rings. The molecule has 0 saturated heterocycles. The molecule has 0 fully saturated rings. The second kappa shape index (κ2) is 6.08. The van der Waals surface area contributed by atoms with Crippen LogP contribution in [0, 0.1) is 6.92 Å². The summed E-state index contributed by atoms with van der Waals surface area (Å²) in [6, 6.07) is 20.1. The first-order chi connectivity index (χ1) is 11.8. The van der Waals surface area contributed by atoms with Gasteiger partial charge in [-0.25, -0.2) is 9.97 Å². The minimum atomic E-state index is 0.718. The number of nitrogens with one attached hydrogen (secondary N) is 1. The van der Waals surface area contributed by atoms with E-state index in [9.17, 15) is 0 Å². The highest BCUT2D eigenvalue weighted by Gasteiger charge is 2.13. The molecule has 4 rings (SSSR count). The largest absolute Gasteiger partial charge is 0.277 e. The van der Waals surface area contributed by atoms with Gasteiger partial charge in [0.15, 0.2) is 5.82 Å². The fourth-order valence-electron chi connectivity index (χ4n) is 2.75. The average Bonchev–Trinajstić information content (AvgIpc) is 3.05. The first-order valence-corrected chi connectivity index (χ1v) is 7.81. The van der Waals surface area contributed by atoms with E-state index in [2.05, 4.69) is 39.2 Å². The predicted octanol–water partition coefficient (Wildman–Crippen LogP) is 4.51. The van der Waals surface area contributed by atoms with Crippen LogP contribution in [0.4, 0.5) is 0 Å². The zero-order valence-electron chi connectivity index (χ0n) is 13.3. The van der Waals surface area contributed by atoms with E-state index in [4.69, 9.17) is 0 Å². The molecule has 0 unspecified atom stereocenters. The molecule has 4 heteroatoms. The van der Waals surface area contributed by atoms with Gasteiger partial charge in [0.25, 0.3) is 0 Å². The third-order valence-electron chi connectivity index (χ3n) is 4.03. The van der Waals surface area contributed by atoms with Crippen molar-refractivity contribution in [3.63, 3.8) is 0 Å². The lowest BCUT2D eigenvalue weighted by Gasteiger charge is -2.03. The first kappa shape index (κ1) is 14.3. The average molecular weight is 312 g/mol. The van der Waals surface area contributed by atoms with Gasteiger partial charge >= 0.3 is 0 Å². The zero-order chi connectivity index (χ0) is 16.4. The standard InChI is InChI=1S/C20H16N4/c1-14-18(15-8-4-2-5-9-15)23-24-19(14)17-12-21-20(22-13-17)16-10-6-3-7-11-16/h2-13H,1H3,(H,23,24). The highest BCUT2D eigenvalue weighted by atomic mass is 15.1. The van der Waals surface area contributed by atoms with Gasteiger partial charge in [0.05, 0.1) is 11.4 Å². The van der Waals surface area contributed by atoms with Crippen molar-refractivity contribution in [3.8, 4) is 33.9 Å². The van der Waals surface area contributed by atoms with Gasteiger partial charge in [0.2, 0.25) is 0 Å². The fourth-order valence-corrected chi connectivity index (χ4v) is 2.75. The van der Waals surface area contributed by atoms with Crippen molar-refractivity contribution in [1.82, 2.24) is 20.2 Å². The van der Waals surface area contributed by atoms with Crippen LogP contribution in [0.1, 0.15) is 5.56 Å². The quantitative estimate of drug-likeness (QED) is 0.605. The van der Waals surface area contributed by atoms with Crippen LogP contribution in [0.15, 0.2) is 73.1 Å². The molecular formula is C20H16N4. The summed E-state index contributed by atoms with van der Waals surface area (Å²) in [6.07, 6.45) is 3.65. The van der Waals surface area contributed by atoms with Crippen LogP contribution in [0.25, 0.3) is 33.9 Å². The molecule has 2 aromatic heterocycles. The maximum Gasteiger partial charge on any atom is 0.159 e. The van der Waals surface area contributed by atoms with Crippen molar-refractivity contribution in [1.29, 1.82) is 0 Å². The third-order valence-corrected chi connectivity index (χ3v) is 4.03. The van der Waals surface area contributed by atoms with E-state index in [0.29, 0.717) is 0 Å². The number of aromatic amines is 1. The minimum absolute atomic E-state index is 0.718. The Balaban J connectivity index is 1.69. The normalized spacial score (nSPS) is 10.7. The molecule has 0 aliphatic carbocycles. The van der Waals surface area contributed by atoms with Gasteiger partial charge in [-0.15, -0.1) is 0 Å². The van der Waals surface area contributed by atoms with Crippen molar-refractivity contribution in [2.24, 2.45) is 0 Å². The highest BCUT2D eigenvalue weighted by molar-refractivity contribution is 5.73. The lowest BCUT2D eigenvalue weighted by molar-refractivity contribution is 1.09. The maximum atomic E-state index is 4.48. The Morgan fingerprint density at radius 3 is 1.92 bits per heavy atom. The van der Waals surface area contributed by atoms with Gasteiger partial charge in [-0.05, 0) is 12.5 Å². The molecule has 0 saturated carbocycles. The monoisotopic (exact) mass is 312 g/mol. The van der Waals surface area contributed by atoms with Crippen LogP contribution in [-0.2, 0) is 0 Å². The van der Waals surface area contributed by atoms with Crippen molar-refractivity contribution in [3.05, 3.63) is 78.6 Å². The summed E-state index contributed by atoms with van der Waals surface area (Å²) in [7, 11) is 0. The molecule has 0 atom stereocenters. The Kier molecular flexibility index (Phi) is 3.63. The van der Waals surface area contributed by atoms with Gasteiger partial charge in [-0.3, -0.25) is 5.10 Å². The van der Waals surface area contributed by atoms with Gasteiger partial charge in [0, 0.05) is 29.1 Å². The highest BCUT2D eigenvalue weighted by Crippen LogP contribution is 2.29. The Labute approximate surface area is 140 Å². The molecule has 0 amide bonds. The number of hydrogen-bond donors (Lipinski definition) is 1. The molecule has 0 radical (unpaired) electrons. The van der Waals surface area contributed by atoms with E-state index in [0.717, 1.165) is 39.5 Å². The molecule has 24 heavy (non-hydrogen) atoms. The van der Waals surface area contributed by atoms with Crippen LogP contribution in [0.5, 0.6) is 0 Å². The summed E-state index contributed by atoms with van der Waals surface area (Å²) in [5.74, 6) is 0.718. The lowest BCUT2D eigenvalue weighted by Crippen LogP contribution is -1.90. The molecular weight excluding hydrogens is 296 g/mol. The van der Waals surface area contributed by atoms with E-state index in [1.165, 1.54) is 0 Å². The Bertz CT molecular complexity index is 942. The predicted molar refractivity (Wildman–Crippen MR) is 95.2 cm³/mol. The smallest absolute Gasteiger partial charge is 0.159 e. The Morgan fingerprint density at radius 2 is 1.29 bits per heavy atom. The van der Waals surface area contributed by atoms with E-state index >= 15 is 0 Å². The van der Waals surface area contributed by atoms with E-state index in [-0.39, 0.29) is 0 Å². The third kappa shape index (κ3) is 2.58. The fraction of sp³-hybridized carbons (Fsp3) is 0.0500. The van der Waals surface area contributed by atoms with E-state index < -0.39 is 0 Å². The van der Waals surface area contributed by atoms with E-state index in [1.54, 1.807) is 0 Å². The molecule has 2 heterocycles. The summed E-state index contributed by atoms with van der Waals surface area (Å²) in [4.78, 5) is 8.97. The van der Waals surface area contributed by atoms with Gasteiger partial charge in [-0.1, -0.05) is 60.7 Å². The SMILES string of the molecule is Cc1c(-c2cnc(-c3ccccc3)nc2)n[nH]c1-c1ccccc1. The second-order valence-electron chi connectivity index (χ2n) is 5.60. The first-order valence-electron chi connectivity index (χ1n) is 7.81. The molecule has 0 spiro atoms. The van der Waals surface area contributed by atoms with Crippen molar-refractivity contribution in [2.75, 3.05) is 0 Å². The molecule has 116 valence electrons. The summed E-state index contributed by atoms with van der Waals surface area (Å²) in [5, 5.41) is 7.59. The van der Waals surface area contributed by atoms with Crippen LogP contribution in [0.2, 0.25) is 0 Å². The number of rotatable bonds is 3. The van der Waals surface area contributed by atoms with Gasteiger partial charge < -0.3 is 0 Å². The summed E-state index contributed by atoms with van der Waals surface area (Å²) >= 11 is 0. The number of nitrogens with zero attached hydrogens (tertiary/aromatic N) is 3. The second-order valence-corrected chi connectivity index (χ2v) is 5.60. The topological polar surface area (TPSA) is 54.5 Å². The zero-order valence-corrected chi connectivity index (χ0v) is 13.3. The minimum Gasteiger partial charge on any atom is -0.277 e. The number of benzene rings is 2. The summed E-state index contributed by atoms with van der Waals surface area (Å²) in [6.45, 7) is 2.06. The lowest BCUT2D eigenvalue weighted by atomic mass is 10.0. The molecule has 4 nitrogen and oxygen atoms in total. The van der Waals surface area contributed by atoms with Crippen LogP contribution in [0.3, 0.4) is 0 Å². The summed E-state index contributed by atoms with van der Waals surface area (Å²) in [5.41, 5.74) is 6.04. The van der Waals surface area contributed by atoms with Crippen molar-refractivity contribution >= 4 is 0 Å².